The molecule has 0 spiro atoms. The minimum absolute atomic E-state index is 0.853. The SMILES string of the molecule is CN1c2ccccc2Oc2cccc(-c3cccc(-c4cccc5c4N(C)c4ccccc4O5)[n+]3C)c21. The van der Waals surface area contributed by atoms with Gasteiger partial charge in [0.15, 0.2) is 23.0 Å². The third-order valence-electron chi connectivity index (χ3n) is 7.34. The summed E-state index contributed by atoms with van der Waals surface area (Å²) in [4.78, 5) is 4.44. The van der Waals surface area contributed by atoms with Crippen LogP contribution in [0.5, 0.6) is 23.0 Å². The van der Waals surface area contributed by atoms with Crippen LogP contribution in [0.1, 0.15) is 0 Å². The van der Waals surface area contributed by atoms with E-state index in [9.17, 15) is 0 Å². The van der Waals surface area contributed by atoms with E-state index < -0.39 is 0 Å². The van der Waals surface area contributed by atoms with Crippen LogP contribution in [-0.4, -0.2) is 14.1 Å². The van der Waals surface area contributed by atoms with Crippen LogP contribution in [0.3, 0.4) is 0 Å². The Morgan fingerprint density at radius 2 is 0.892 bits per heavy atom. The molecule has 0 fully saturated rings. The Balaban J connectivity index is 1.39. The summed E-state index contributed by atoms with van der Waals surface area (Å²) in [5.74, 6) is 3.44. The monoisotopic (exact) mass is 484 g/mol. The van der Waals surface area contributed by atoms with Gasteiger partial charge in [-0.2, -0.15) is 4.57 Å². The van der Waals surface area contributed by atoms with Crippen molar-refractivity contribution in [2.45, 2.75) is 0 Å². The van der Waals surface area contributed by atoms with Crippen LogP contribution >= 0.6 is 0 Å². The molecule has 4 aromatic carbocycles. The summed E-state index contributed by atoms with van der Waals surface area (Å²) < 4.78 is 14.9. The van der Waals surface area contributed by atoms with Crippen LogP contribution < -0.4 is 23.8 Å². The maximum atomic E-state index is 6.31. The first-order chi connectivity index (χ1) is 18.1. The van der Waals surface area contributed by atoms with E-state index in [1.165, 1.54) is 0 Å². The molecule has 2 aliphatic rings. The topological polar surface area (TPSA) is 28.8 Å². The third kappa shape index (κ3) is 3.21. The van der Waals surface area contributed by atoms with Crippen molar-refractivity contribution in [3.05, 3.63) is 103 Å². The molecule has 0 amide bonds. The molecule has 0 saturated heterocycles. The van der Waals surface area contributed by atoms with Gasteiger partial charge in [-0.1, -0.05) is 36.4 Å². The van der Waals surface area contributed by atoms with E-state index in [0.717, 1.165) is 68.3 Å². The van der Waals surface area contributed by atoms with Gasteiger partial charge in [-0.05, 0) is 54.6 Å². The fourth-order valence-electron chi connectivity index (χ4n) is 5.56. The van der Waals surface area contributed by atoms with Gasteiger partial charge in [-0.3, -0.25) is 0 Å². The first-order valence-electron chi connectivity index (χ1n) is 12.4. The standard InChI is InChI=1S/C32H26N3O2/c1-33-23(21-11-8-19-29-31(21)34(2)25-13-4-6-17-27(25)36-29)15-10-16-24(33)22-12-9-20-30-32(22)35(3)26-14-5-7-18-28(26)37-30/h4-20H,1-3H3/q+1. The van der Waals surface area contributed by atoms with Gasteiger partial charge in [0.2, 0.25) is 11.4 Å². The van der Waals surface area contributed by atoms with E-state index in [-0.39, 0.29) is 0 Å². The van der Waals surface area contributed by atoms with Crippen molar-refractivity contribution in [1.29, 1.82) is 0 Å². The fraction of sp³-hybridized carbons (Fsp3) is 0.0938. The molecule has 1 aromatic heterocycles. The van der Waals surface area contributed by atoms with Gasteiger partial charge in [-0.15, -0.1) is 0 Å². The van der Waals surface area contributed by atoms with E-state index in [0.29, 0.717) is 0 Å². The third-order valence-corrected chi connectivity index (χ3v) is 7.34. The molecule has 5 heteroatoms. The zero-order valence-corrected chi connectivity index (χ0v) is 21.0. The van der Waals surface area contributed by atoms with E-state index in [1.54, 1.807) is 0 Å². The highest BCUT2D eigenvalue weighted by Gasteiger charge is 2.31. The highest BCUT2D eigenvalue weighted by molar-refractivity contribution is 5.90. The normalized spacial score (nSPS) is 13.1. The van der Waals surface area contributed by atoms with E-state index in [2.05, 4.69) is 90.1 Å². The minimum atomic E-state index is 0.853. The van der Waals surface area contributed by atoms with Gasteiger partial charge in [0.05, 0.1) is 33.9 Å². The number of rotatable bonds is 2. The van der Waals surface area contributed by atoms with Crippen LogP contribution in [0.25, 0.3) is 22.5 Å². The largest absolute Gasteiger partial charge is 0.453 e. The Morgan fingerprint density at radius 3 is 1.38 bits per heavy atom. The number of benzene rings is 4. The molecule has 37 heavy (non-hydrogen) atoms. The van der Waals surface area contributed by atoms with Crippen LogP contribution in [0.15, 0.2) is 103 Å². The number of nitrogens with zero attached hydrogens (tertiary/aromatic N) is 3. The van der Waals surface area contributed by atoms with Crippen molar-refractivity contribution >= 4 is 22.7 Å². The molecule has 0 atom stereocenters. The predicted octanol–water partition coefficient (Wildman–Crippen LogP) is 7.59. The fourth-order valence-corrected chi connectivity index (χ4v) is 5.56. The Hall–Kier alpha value is -4.77. The number of para-hydroxylation sites is 6. The number of aromatic nitrogens is 1. The molecule has 0 bridgehead atoms. The molecule has 3 heterocycles. The van der Waals surface area contributed by atoms with Crippen molar-refractivity contribution in [1.82, 2.24) is 0 Å². The van der Waals surface area contributed by atoms with Crippen LogP contribution in [0.4, 0.5) is 22.7 Å². The first kappa shape index (κ1) is 21.5. The average Bonchev–Trinajstić information content (AvgIpc) is 2.93. The molecular formula is C32H26N3O2+. The van der Waals surface area contributed by atoms with E-state index in [1.807, 2.05) is 48.5 Å². The molecule has 180 valence electrons. The van der Waals surface area contributed by atoms with Gasteiger partial charge < -0.3 is 19.3 Å². The molecule has 5 nitrogen and oxygen atoms in total. The summed E-state index contributed by atoms with van der Waals surface area (Å²) in [6.45, 7) is 0. The number of anilines is 4. The summed E-state index contributed by atoms with van der Waals surface area (Å²) in [6.07, 6.45) is 0. The highest BCUT2D eigenvalue weighted by Crippen LogP contribution is 2.51. The average molecular weight is 485 g/mol. The smallest absolute Gasteiger partial charge is 0.215 e. The zero-order valence-electron chi connectivity index (χ0n) is 21.0. The van der Waals surface area contributed by atoms with Crippen molar-refractivity contribution in [2.24, 2.45) is 7.05 Å². The molecule has 7 rings (SSSR count). The maximum Gasteiger partial charge on any atom is 0.215 e. The Bertz CT molecular complexity index is 1570. The zero-order chi connectivity index (χ0) is 25.1. The lowest BCUT2D eigenvalue weighted by molar-refractivity contribution is -0.649. The molecule has 0 saturated carbocycles. The van der Waals surface area contributed by atoms with Gasteiger partial charge in [-0.25, -0.2) is 0 Å². The second kappa shape index (κ2) is 8.14. The highest BCUT2D eigenvalue weighted by atomic mass is 16.5. The number of pyridine rings is 1. The summed E-state index contributed by atoms with van der Waals surface area (Å²) >= 11 is 0. The predicted molar refractivity (Wildman–Crippen MR) is 148 cm³/mol. The summed E-state index contributed by atoms with van der Waals surface area (Å²) in [5.41, 5.74) is 8.63. The van der Waals surface area contributed by atoms with Gasteiger partial charge in [0, 0.05) is 26.2 Å². The van der Waals surface area contributed by atoms with E-state index >= 15 is 0 Å². The number of fused-ring (bicyclic) bond motifs is 4. The Labute approximate surface area is 216 Å². The van der Waals surface area contributed by atoms with Gasteiger partial charge >= 0.3 is 0 Å². The summed E-state index contributed by atoms with van der Waals surface area (Å²) in [7, 11) is 6.33. The second-order valence-electron chi connectivity index (χ2n) is 9.42. The lowest BCUT2D eigenvalue weighted by Gasteiger charge is -2.31. The molecule has 2 aliphatic heterocycles. The van der Waals surface area contributed by atoms with Gasteiger partial charge in [0.25, 0.3) is 0 Å². The van der Waals surface area contributed by atoms with Crippen molar-refractivity contribution < 1.29 is 14.0 Å². The van der Waals surface area contributed by atoms with Crippen molar-refractivity contribution in [2.75, 3.05) is 23.9 Å². The number of ether oxygens (including phenoxy) is 2. The second-order valence-corrected chi connectivity index (χ2v) is 9.42. The quantitative estimate of drug-likeness (QED) is 0.241. The Kier molecular flexibility index (Phi) is 4.73. The van der Waals surface area contributed by atoms with Gasteiger partial charge in [0.1, 0.15) is 7.05 Å². The molecule has 0 radical (unpaired) electrons. The lowest BCUT2D eigenvalue weighted by Crippen LogP contribution is -2.35. The molecule has 0 aliphatic carbocycles. The molecule has 0 unspecified atom stereocenters. The molecular weight excluding hydrogens is 458 g/mol. The summed E-state index contributed by atoms with van der Waals surface area (Å²) in [5, 5.41) is 0. The maximum absolute atomic E-state index is 6.31. The van der Waals surface area contributed by atoms with Crippen molar-refractivity contribution in [3.8, 4) is 45.5 Å². The van der Waals surface area contributed by atoms with Crippen LogP contribution in [-0.2, 0) is 7.05 Å². The minimum Gasteiger partial charge on any atom is -0.453 e. The number of hydrogen-bond donors (Lipinski definition) is 0. The first-order valence-corrected chi connectivity index (χ1v) is 12.4. The Morgan fingerprint density at radius 1 is 0.486 bits per heavy atom. The van der Waals surface area contributed by atoms with Crippen LogP contribution in [0.2, 0.25) is 0 Å². The summed E-state index contributed by atoms with van der Waals surface area (Å²) in [6, 6.07) is 35.3. The molecule has 0 N–H and O–H groups in total. The number of hydrogen-bond acceptors (Lipinski definition) is 4. The lowest BCUT2D eigenvalue weighted by atomic mass is 10.0. The van der Waals surface area contributed by atoms with Crippen LogP contribution in [0, 0.1) is 0 Å². The molecule has 5 aromatic rings. The van der Waals surface area contributed by atoms with Crippen molar-refractivity contribution in [3.63, 3.8) is 0 Å². The van der Waals surface area contributed by atoms with E-state index in [4.69, 9.17) is 9.47 Å².